The molecule has 1 unspecified atom stereocenters. The maximum atomic E-state index is 13.4. The second-order valence-electron chi connectivity index (χ2n) is 8.32. The van der Waals surface area contributed by atoms with Crippen LogP contribution in [0, 0.1) is 5.41 Å². The third-order valence-electron chi connectivity index (χ3n) is 6.84. The van der Waals surface area contributed by atoms with Gasteiger partial charge in [-0.05, 0) is 43.2 Å². The summed E-state index contributed by atoms with van der Waals surface area (Å²) in [4.78, 5) is 16.4. The molecule has 1 aromatic carbocycles. The van der Waals surface area contributed by atoms with Crippen LogP contribution in [0.2, 0.25) is 0 Å². The minimum Gasteiger partial charge on any atom is -0.354 e. The standard InChI is InChI=1S/C21H24N6O3S/c1-22-20(28)16-14-27(25-24-16)18-7-8-21(18)9-12-26(13-10-21)31(29,30)17-6-2-4-15-5-3-11-23-19(15)17/h2-6,11,14,18H,7-10,12-13H2,1H3,(H,22,28). The Morgan fingerprint density at radius 1 is 1.16 bits per heavy atom. The van der Waals surface area contributed by atoms with Gasteiger partial charge in [0.05, 0.1) is 17.8 Å². The van der Waals surface area contributed by atoms with E-state index in [0.29, 0.717) is 24.3 Å². The maximum absolute atomic E-state index is 13.4. The second kappa shape index (κ2) is 7.38. The Morgan fingerprint density at radius 3 is 2.65 bits per heavy atom. The van der Waals surface area contributed by atoms with Crippen molar-refractivity contribution >= 4 is 26.8 Å². The molecule has 1 saturated heterocycles. The molecule has 9 nitrogen and oxygen atoms in total. The SMILES string of the molecule is CNC(=O)c1cn(C2CCC23CCN(S(=O)(=O)c2cccc4cccnc24)CC3)nn1. The number of pyridine rings is 1. The van der Waals surface area contributed by atoms with Crippen LogP contribution in [0.3, 0.4) is 0 Å². The highest BCUT2D eigenvalue weighted by Gasteiger charge is 2.51. The molecule has 0 bridgehead atoms. The normalized spacial score (nSPS) is 21.1. The van der Waals surface area contributed by atoms with Crippen LogP contribution < -0.4 is 5.32 Å². The molecule has 5 rings (SSSR count). The van der Waals surface area contributed by atoms with E-state index in [1.54, 1.807) is 46.6 Å². The summed E-state index contributed by atoms with van der Waals surface area (Å²) in [6.45, 7) is 0.915. The van der Waals surface area contributed by atoms with E-state index in [9.17, 15) is 13.2 Å². The van der Waals surface area contributed by atoms with Gasteiger partial charge in [0.2, 0.25) is 10.0 Å². The fourth-order valence-electron chi connectivity index (χ4n) is 4.93. The van der Waals surface area contributed by atoms with E-state index in [-0.39, 0.29) is 22.3 Å². The average molecular weight is 441 g/mol. The van der Waals surface area contributed by atoms with Gasteiger partial charge in [0.1, 0.15) is 4.90 Å². The molecule has 1 saturated carbocycles. The molecule has 0 radical (unpaired) electrons. The Kier molecular flexibility index (Phi) is 4.78. The molecule has 1 aliphatic heterocycles. The summed E-state index contributed by atoms with van der Waals surface area (Å²) < 4.78 is 30.2. The molecule has 2 fully saturated rings. The van der Waals surface area contributed by atoms with Gasteiger partial charge in [-0.3, -0.25) is 9.78 Å². The minimum atomic E-state index is -3.63. The van der Waals surface area contributed by atoms with Gasteiger partial charge in [-0.1, -0.05) is 23.4 Å². The van der Waals surface area contributed by atoms with E-state index in [0.717, 1.165) is 31.1 Å². The maximum Gasteiger partial charge on any atom is 0.273 e. The number of para-hydroxylation sites is 1. The lowest BCUT2D eigenvalue weighted by Crippen LogP contribution is -2.51. The van der Waals surface area contributed by atoms with Crippen molar-refractivity contribution in [2.24, 2.45) is 5.41 Å². The number of carbonyl (C=O) groups excluding carboxylic acids is 1. The summed E-state index contributed by atoms with van der Waals surface area (Å²) in [6, 6.07) is 9.09. The lowest BCUT2D eigenvalue weighted by molar-refractivity contribution is -0.0159. The molecule has 2 aromatic heterocycles. The van der Waals surface area contributed by atoms with Crippen LogP contribution in [0.4, 0.5) is 0 Å². The number of hydrogen-bond acceptors (Lipinski definition) is 6. The number of rotatable bonds is 4. The molecule has 1 atom stereocenters. The van der Waals surface area contributed by atoms with Gasteiger partial charge in [0.15, 0.2) is 5.69 Å². The molecule has 1 amide bonds. The Labute approximate surface area is 180 Å². The van der Waals surface area contributed by atoms with Gasteiger partial charge in [-0.2, -0.15) is 4.31 Å². The number of hydrogen-bond donors (Lipinski definition) is 1. The van der Waals surface area contributed by atoms with Crippen molar-refractivity contribution in [2.45, 2.75) is 36.6 Å². The van der Waals surface area contributed by atoms with Gasteiger partial charge >= 0.3 is 0 Å². The molecular formula is C21H24N6O3S. The smallest absolute Gasteiger partial charge is 0.273 e. The molecule has 3 aromatic rings. The van der Waals surface area contributed by atoms with Crippen LogP contribution in [-0.2, 0) is 10.0 Å². The van der Waals surface area contributed by atoms with Crippen LogP contribution in [0.15, 0.2) is 47.6 Å². The predicted octanol–water partition coefficient (Wildman–Crippen LogP) is 1.99. The number of amides is 1. The highest BCUT2D eigenvalue weighted by molar-refractivity contribution is 7.89. The van der Waals surface area contributed by atoms with Crippen LogP contribution >= 0.6 is 0 Å². The number of carbonyl (C=O) groups is 1. The number of benzene rings is 1. The summed E-state index contributed by atoms with van der Waals surface area (Å²) in [6.07, 6.45) is 6.80. The van der Waals surface area contributed by atoms with E-state index in [2.05, 4.69) is 20.6 Å². The average Bonchev–Trinajstić information content (AvgIpc) is 3.26. The number of nitrogens with one attached hydrogen (secondary N) is 1. The van der Waals surface area contributed by atoms with Gasteiger partial charge in [-0.25, -0.2) is 13.1 Å². The molecule has 162 valence electrons. The van der Waals surface area contributed by atoms with Gasteiger partial charge in [-0.15, -0.1) is 5.10 Å². The third kappa shape index (κ3) is 3.21. The van der Waals surface area contributed by atoms with Crippen molar-refractivity contribution in [3.8, 4) is 0 Å². The van der Waals surface area contributed by atoms with Gasteiger partial charge < -0.3 is 5.32 Å². The molecule has 3 heterocycles. The molecule has 31 heavy (non-hydrogen) atoms. The predicted molar refractivity (Wildman–Crippen MR) is 114 cm³/mol. The lowest BCUT2D eigenvalue weighted by atomic mass is 9.59. The molecule has 1 spiro atoms. The molecule has 2 aliphatic rings. The summed E-state index contributed by atoms with van der Waals surface area (Å²) in [5.41, 5.74) is 0.806. The monoisotopic (exact) mass is 440 g/mol. The number of aromatic nitrogens is 4. The second-order valence-corrected chi connectivity index (χ2v) is 10.2. The van der Waals surface area contributed by atoms with Crippen molar-refractivity contribution in [3.05, 3.63) is 48.4 Å². The summed E-state index contributed by atoms with van der Waals surface area (Å²) in [7, 11) is -2.07. The number of sulfonamides is 1. The van der Waals surface area contributed by atoms with Crippen molar-refractivity contribution in [3.63, 3.8) is 0 Å². The number of piperidine rings is 1. The van der Waals surface area contributed by atoms with E-state index >= 15 is 0 Å². The summed E-state index contributed by atoms with van der Waals surface area (Å²) >= 11 is 0. The molecule has 1 N–H and O–H groups in total. The first-order valence-electron chi connectivity index (χ1n) is 10.4. The van der Waals surface area contributed by atoms with E-state index < -0.39 is 10.0 Å². The third-order valence-corrected chi connectivity index (χ3v) is 8.77. The van der Waals surface area contributed by atoms with Crippen LogP contribution in [0.5, 0.6) is 0 Å². The lowest BCUT2D eigenvalue weighted by Gasteiger charge is -2.53. The number of nitrogens with zero attached hydrogens (tertiary/aromatic N) is 5. The van der Waals surface area contributed by atoms with Gasteiger partial charge in [0.25, 0.3) is 5.91 Å². The van der Waals surface area contributed by atoms with E-state index in [1.807, 2.05) is 12.1 Å². The summed E-state index contributed by atoms with van der Waals surface area (Å²) in [5, 5.41) is 11.5. The van der Waals surface area contributed by atoms with Crippen LogP contribution in [0.1, 0.15) is 42.2 Å². The van der Waals surface area contributed by atoms with E-state index in [4.69, 9.17) is 0 Å². The van der Waals surface area contributed by atoms with Crippen LogP contribution in [0.25, 0.3) is 10.9 Å². The van der Waals surface area contributed by atoms with Crippen molar-refractivity contribution in [2.75, 3.05) is 20.1 Å². The first kappa shape index (κ1) is 20.1. The Morgan fingerprint density at radius 2 is 1.94 bits per heavy atom. The molecule has 10 heteroatoms. The zero-order valence-electron chi connectivity index (χ0n) is 17.2. The highest BCUT2D eigenvalue weighted by Crippen LogP contribution is 2.56. The zero-order valence-corrected chi connectivity index (χ0v) is 18.0. The quantitative estimate of drug-likeness (QED) is 0.664. The Hall–Kier alpha value is -2.85. The fraction of sp³-hybridized carbons (Fsp3) is 0.429. The summed E-state index contributed by atoms with van der Waals surface area (Å²) in [5.74, 6) is -0.260. The first-order chi connectivity index (χ1) is 14.9. The van der Waals surface area contributed by atoms with E-state index in [1.165, 1.54) is 0 Å². The Bertz CT molecular complexity index is 1240. The topological polar surface area (TPSA) is 110 Å². The molecule has 1 aliphatic carbocycles. The van der Waals surface area contributed by atoms with Crippen molar-refractivity contribution < 1.29 is 13.2 Å². The largest absolute Gasteiger partial charge is 0.354 e. The Balaban J connectivity index is 1.35. The first-order valence-corrected chi connectivity index (χ1v) is 11.9. The van der Waals surface area contributed by atoms with Crippen molar-refractivity contribution in [1.29, 1.82) is 0 Å². The van der Waals surface area contributed by atoms with Crippen molar-refractivity contribution in [1.82, 2.24) is 29.6 Å². The highest BCUT2D eigenvalue weighted by atomic mass is 32.2. The fourth-order valence-corrected chi connectivity index (χ4v) is 6.54. The van der Waals surface area contributed by atoms with Crippen LogP contribution in [-0.4, -0.2) is 58.7 Å². The minimum absolute atomic E-state index is 0.00329. The zero-order chi connectivity index (χ0) is 21.6. The molecular weight excluding hydrogens is 416 g/mol. The van der Waals surface area contributed by atoms with Gasteiger partial charge in [0, 0.05) is 31.7 Å². The number of fused-ring (bicyclic) bond motifs is 1.